The Balaban J connectivity index is 1.87. The second-order valence-corrected chi connectivity index (χ2v) is 6.30. The third-order valence-electron chi connectivity index (χ3n) is 2.45. The van der Waals surface area contributed by atoms with Gasteiger partial charge in [0.15, 0.2) is 10.3 Å². The molecule has 0 spiro atoms. The molecule has 6 nitrogen and oxygen atoms in total. The molecule has 2 aromatic rings. The summed E-state index contributed by atoms with van der Waals surface area (Å²) in [7, 11) is 0. The van der Waals surface area contributed by atoms with E-state index in [4.69, 9.17) is 23.2 Å². The summed E-state index contributed by atoms with van der Waals surface area (Å²) in [4.78, 5) is 16.8. The molecule has 0 atom stereocenters. The monoisotopic (exact) mass is 376 g/mol. The van der Waals surface area contributed by atoms with Crippen LogP contribution in [0.15, 0.2) is 22.4 Å². The maximum atomic E-state index is 5.93. The summed E-state index contributed by atoms with van der Waals surface area (Å²) in [6.07, 6.45) is 3.80. The van der Waals surface area contributed by atoms with Crippen molar-refractivity contribution in [1.82, 2.24) is 19.9 Å². The fraction of sp³-hybridized carbons (Fsp3) is 0.333. The highest BCUT2D eigenvalue weighted by atomic mass is 35.5. The summed E-state index contributed by atoms with van der Waals surface area (Å²) < 4.78 is 0. The largest absolute Gasteiger partial charge is 0.368 e. The molecule has 0 aromatic carbocycles. The third-order valence-corrected chi connectivity index (χ3v) is 3.93. The van der Waals surface area contributed by atoms with Crippen LogP contribution in [0, 0.1) is 0 Å². The van der Waals surface area contributed by atoms with E-state index in [1.54, 1.807) is 12.1 Å². The van der Waals surface area contributed by atoms with Crippen molar-refractivity contribution in [1.29, 1.82) is 0 Å². The van der Waals surface area contributed by atoms with Crippen molar-refractivity contribution in [2.45, 2.75) is 10.3 Å². The standard InChI is InChI=1S/C12H14Cl2N6S2/c1-21-11-17-7(13)5-9(19-11)15-3-4-16-10-6-8(14)18-12(20-10)22-2/h5-6H,3-4H2,1-2H3,(H,15,17,19)(H,16,18,20). The fourth-order valence-corrected chi connectivity index (χ4v) is 2.76. The van der Waals surface area contributed by atoms with Crippen LogP contribution in [0.5, 0.6) is 0 Å². The number of anilines is 2. The van der Waals surface area contributed by atoms with E-state index < -0.39 is 0 Å². The van der Waals surface area contributed by atoms with E-state index in [1.165, 1.54) is 23.5 Å². The third kappa shape index (κ3) is 5.35. The van der Waals surface area contributed by atoms with Crippen LogP contribution in [0.4, 0.5) is 11.6 Å². The Kier molecular flexibility index (Phi) is 6.81. The van der Waals surface area contributed by atoms with Gasteiger partial charge >= 0.3 is 0 Å². The van der Waals surface area contributed by atoms with E-state index in [1.807, 2.05) is 12.5 Å². The number of hydrogen-bond acceptors (Lipinski definition) is 8. The molecular formula is C12H14Cl2N6S2. The number of aromatic nitrogens is 4. The highest BCUT2D eigenvalue weighted by molar-refractivity contribution is 7.98. The van der Waals surface area contributed by atoms with Gasteiger partial charge in [-0.15, -0.1) is 0 Å². The summed E-state index contributed by atoms with van der Waals surface area (Å²) in [6, 6.07) is 3.38. The molecule has 0 aliphatic rings. The normalized spacial score (nSPS) is 10.5. The fourth-order valence-electron chi connectivity index (χ4n) is 1.54. The lowest BCUT2D eigenvalue weighted by Crippen LogP contribution is -2.15. The number of hydrogen-bond donors (Lipinski definition) is 2. The van der Waals surface area contributed by atoms with Gasteiger partial charge in [0.25, 0.3) is 0 Å². The van der Waals surface area contributed by atoms with E-state index in [2.05, 4.69) is 30.6 Å². The van der Waals surface area contributed by atoms with E-state index in [-0.39, 0.29) is 0 Å². The first-order chi connectivity index (χ1) is 10.6. The molecule has 2 rings (SSSR count). The SMILES string of the molecule is CSc1nc(Cl)cc(NCCNc2cc(Cl)nc(SC)n2)n1. The number of nitrogens with one attached hydrogen (secondary N) is 2. The smallest absolute Gasteiger partial charge is 0.190 e. The lowest BCUT2D eigenvalue weighted by molar-refractivity contribution is 0.937. The lowest BCUT2D eigenvalue weighted by atomic mass is 10.5. The van der Waals surface area contributed by atoms with Crippen LogP contribution in [-0.2, 0) is 0 Å². The first kappa shape index (κ1) is 17.4. The van der Waals surface area contributed by atoms with E-state index in [0.29, 0.717) is 45.3 Å². The summed E-state index contributed by atoms with van der Waals surface area (Å²) in [5.74, 6) is 1.38. The molecule has 22 heavy (non-hydrogen) atoms. The summed E-state index contributed by atoms with van der Waals surface area (Å²) in [6.45, 7) is 1.30. The van der Waals surface area contributed by atoms with Gasteiger partial charge in [-0.2, -0.15) is 0 Å². The minimum absolute atomic E-state index is 0.419. The van der Waals surface area contributed by atoms with E-state index in [9.17, 15) is 0 Å². The van der Waals surface area contributed by atoms with Crippen LogP contribution in [-0.4, -0.2) is 45.5 Å². The molecule has 2 N–H and O–H groups in total. The molecule has 2 aromatic heterocycles. The Hall–Kier alpha value is -0.960. The molecule has 0 aliphatic heterocycles. The van der Waals surface area contributed by atoms with Gasteiger partial charge in [-0.1, -0.05) is 46.7 Å². The van der Waals surface area contributed by atoms with Gasteiger partial charge in [-0.05, 0) is 12.5 Å². The highest BCUT2D eigenvalue weighted by Crippen LogP contribution is 2.18. The van der Waals surface area contributed by atoms with Gasteiger partial charge in [-0.3, -0.25) is 0 Å². The van der Waals surface area contributed by atoms with Gasteiger partial charge in [0.05, 0.1) is 0 Å². The number of thioether (sulfide) groups is 2. The molecule has 2 heterocycles. The van der Waals surface area contributed by atoms with Gasteiger partial charge < -0.3 is 10.6 Å². The van der Waals surface area contributed by atoms with Crippen molar-refractivity contribution in [2.75, 3.05) is 36.2 Å². The predicted octanol–water partition coefficient (Wildman–Crippen LogP) is 3.54. The Morgan fingerprint density at radius 3 is 1.59 bits per heavy atom. The molecule has 10 heteroatoms. The lowest BCUT2D eigenvalue weighted by Gasteiger charge is -2.09. The summed E-state index contributed by atoms with van der Waals surface area (Å²) in [5, 5.41) is 8.47. The Labute approximate surface area is 147 Å². The summed E-state index contributed by atoms with van der Waals surface area (Å²) >= 11 is 14.8. The van der Waals surface area contributed by atoms with Crippen LogP contribution >= 0.6 is 46.7 Å². The average molecular weight is 377 g/mol. The van der Waals surface area contributed by atoms with Crippen LogP contribution in [0.25, 0.3) is 0 Å². The second kappa shape index (κ2) is 8.61. The van der Waals surface area contributed by atoms with Crippen molar-refractivity contribution in [3.05, 3.63) is 22.4 Å². The zero-order chi connectivity index (χ0) is 15.9. The van der Waals surface area contributed by atoms with Gasteiger partial charge in [0.1, 0.15) is 21.9 Å². The van der Waals surface area contributed by atoms with E-state index >= 15 is 0 Å². The highest BCUT2D eigenvalue weighted by Gasteiger charge is 2.03. The predicted molar refractivity (Wildman–Crippen MR) is 94.6 cm³/mol. The molecule has 0 saturated heterocycles. The van der Waals surface area contributed by atoms with Crippen molar-refractivity contribution >= 4 is 58.4 Å². The first-order valence-electron chi connectivity index (χ1n) is 6.25. The molecule has 118 valence electrons. The molecule has 0 aliphatic carbocycles. The number of nitrogens with zero attached hydrogens (tertiary/aromatic N) is 4. The minimum atomic E-state index is 0.419. The number of halogens is 2. The molecule has 0 unspecified atom stereocenters. The zero-order valence-electron chi connectivity index (χ0n) is 11.9. The van der Waals surface area contributed by atoms with Crippen molar-refractivity contribution in [3.63, 3.8) is 0 Å². The Morgan fingerprint density at radius 2 is 1.23 bits per heavy atom. The first-order valence-corrected chi connectivity index (χ1v) is 9.46. The maximum absolute atomic E-state index is 5.93. The number of rotatable bonds is 7. The van der Waals surface area contributed by atoms with Gasteiger partial charge in [0.2, 0.25) is 0 Å². The maximum Gasteiger partial charge on any atom is 0.190 e. The Morgan fingerprint density at radius 1 is 0.818 bits per heavy atom. The molecule has 0 amide bonds. The molecule has 0 saturated carbocycles. The quantitative estimate of drug-likeness (QED) is 0.328. The van der Waals surface area contributed by atoms with Crippen molar-refractivity contribution in [3.8, 4) is 0 Å². The van der Waals surface area contributed by atoms with Gasteiger partial charge in [0, 0.05) is 25.2 Å². The topological polar surface area (TPSA) is 75.6 Å². The molecule has 0 fully saturated rings. The summed E-state index contributed by atoms with van der Waals surface area (Å²) in [5.41, 5.74) is 0. The van der Waals surface area contributed by atoms with Crippen LogP contribution in [0.3, 0.4) is 0 Å². The molecule has 0 radical (unpaired) electrons. The second-order valence-electron chi connectivity index (χ2n) is 3.98. The van der Waals surface area contributed by atoms with E-state index in [0.717, 1.165) is 0 Å². The van der Waals surface area contributed by atoms with Crippen LogP contribution < -0.4 is 10.6 Å². The molecular weight excluding hydrogens is 363 g/mol. The molecule has 0 bridgehead atoms. The van der Waals surface area contributed by atoms with Crippen LogP contribution in [0.1, 0.15) is 0 Å². The van der Waals surface area contributed by atoms with Crippen LogP contribution in [0.2, 0.25) is 10.3 Å². The minimum Gasteiger partial charge on any atom is -0.368 e. The Bertz CT molecular complexity index is 588. The zero-order valence-corrected chi connectivity index (χ0v) is 15.1. The van der Waals surface area contributed by atoms with Crippen molar-refractivity contribution in [2.24, 2.45) is 0 Å². The van der Waals surface area contributed by atoms with Gasteiger partial charge in [-0.25, -0.2) is 19.9 Å². The average Bonchev–Trinajstić information content (AvgIpc) is 2.50. The van der Waals surface area contributed by atoms with Crippen molar-refractivity contribution < 1.29 is 0 Å².